The molecule has 2 atom stereocenters. The minimum Gasteiger partial charge on any atom is -0.452 e. The number of aromatic nitrogens is 4. The third-order valence-corrected chi connectivity index (χ3v) is 10.5. The Hall–Kier alpha value is -6.50. The first-order valence-corrected chi connectivity index (χ1v) is 18.6. The maximum absolute atomic E-state index is 13.9. The maximum Gasteiger partial charge on any atom is 0.426 e. The highest BCUT2D eigenvalue weighted by Gasteiger charge is 2.36. The number of hydrogen-bond donors (Lipinski definition) is 3. The molecule has 2 aliphatic heterocycles. The minimum absolute atomic E-state index is 0.000402. The number of nitrogens with one attached hydrogen (secondary N) is 3. The molecule has 0 bridgehead atoms. The summed E-state index contributed by atoms with van der Waals surface area (Å²) in [6.45, 7) is 2.71. The zero-order valence-electron chi connectivity index (χ0n) is 30.7. The van der Waals surface area contributed by atoms with Crippen LogP contribution in [0.1, 0.15) is 69.2 Å². The predicted octanol–water partition coefficient (Wildman–Crippen LogP) is 7.84. The predicted molar refractivity (Wildman–Crippen MR) is 209 cm³/mol. The summed E-state index contributed by atoms with van der Waals surface area (Å²) < 4.78 is 4.79. The Bertz CT molecular complexity index is 2390. The number of hydrogen-bond acceptors (Lipinski definition) is 7. The molecule has 2 fully saturated rings. The van der Waals surface area contributed by atoms with Gasteiger partial charge in [-0.15, -0.1) is 0 Å². The number of ketones is 1. The largest absolute Gasteiger partial charge is 0.452 e. The zero-order chi connectivity index (χ0) is 38.1. The highest BCUT2D eigenvalue weighted by Crippen LogP contribution is 2.36. The topological polar surface area (TPSA) is 157 Å². The van der Waals surface area contributed by atoms with Crippen molar-refractivity contribution in [2.24, 2.45) is 0 Å². The molecule has 4 amide bonds. The van der Waals surface area contributed by atoms with Crippen LogP contribution in [0.3, 0.4) is 0 Å². The number of para-hydroxylation sites is 1. The molecular weight excluding hydrogens is 697 g/mol. The van der Waals surface area contributed by atoms with Crippen molar-refractivity contribution in [2.75, 3.05) is 25.2 Å². The number of H-pyrrole nitrogens is 2. The molecule has 3 N–H and O–H groups in total. The molecule has 8 rings (SSSR count). The number of anilines is 1. The Morgan fingerprint density at radius 1 is 0.727 bits per heavy atom. The fraction of sp³-hybridized carbons (Fsp3) is 0.286. The normalized spacial score (nSPS) is 16.8. The van der Waals surface area contributed by atoms with Crippen molar-refractivity contribution in [2.45, 2.75) is 57.5 Å². The van der Waals surface area contributed by atoms with Gasteiger partial charge in [0.2, 0.25) is 5.91 Å². The summed E-state index contributed by atoms with van der Waals surface area (Å²) in [7, 11) is 1.26. The minimum atomic E-state index is -0.740. The Morgan fingerprint density at radius 3 is 1.80 bits per heavy atom. The van der Waals surface area contributed by atoms with Gasteiger partial charge in [-0.2, -0.15) is 5.01 Å². The van der Waals surface area contributed by atoms with Crippen LogP contribution >= 0.6 is 0 Å². The van der Waals surface area contributed by atoms with Crippen molar-refractivity contribution in [3.63, 3.8) is 0 Å². The number of methoxy groups -OCH3 is 1. The fourth-order valence-electron chi connectivity index (χ4n) is 7.71. The molecule has 0 aliphatic carbocycles. The molecule has 2 aromatic heterocycles. The number of carbonyl (C=O) groups is 4. The summed E-state index contributed by atoms with van der Waals surface area (Å²) in [5.41, 5.74) is 10.7. The summed E-state index contributed by atoms with van der Waals surface area (Å²) in [6.07, 6.45) is 3.03. The van der Waals surface area contributed by atoms with Crippen molar-refractivity contribution < 1.29 is 23.9 Å². The lowest BCUT2D eigenvalue weighted by molar-refractivity contribution is -0.133. The van der Waals surface area contributed by atoms with Gasteiger partial charge in [-0.1, -0.05) is 54.6 Å². The van der Waals surface area contributed by atoms with Crippen molar-refractivity contribution in [3.05, 3.63) is 103 Å². The molecule has 4 aromatic carbocycles. The van der Waals surface area contributed by atoms with Gasteiger partial charge in [0.15, 0.2) is 0 Å². The van der Waals surface area contributed by atoms with Crippen LogP contribution in [-0.2, 0) is 14.3 Å². The van der Waals surface area contributed by atoms with Crippen molar-refractivity contribution in [1.29, 1.82) is 0 Å². The molecule has 0 unspecified atom stereocenters. The van der Waals surface area contributed by atoms with Crippen LogP contribution in [0.4, 0.5) is 15.3 Å². The molecule has 2 aliphatic rings. The lowest BCUT2D eigenvalue weighted by atomic mass is 10.00. The molecule has 0 saturated carbocycles. The molecule has 280 valence electrons. The van der Waals surface area contributed by atoms with E-state index in [1.165, 1.54) is 19.0 Å². The van der Waals surface area contributed by atoms with Gasteiger partial charge in [0.05, 0.1) is 46.9 Å². The van der Waals surface area contributed by atoms with Crippen LogP contribution in [0, 0.1) is 0 Å². The highest BCUT2D eigenvalue weighted by atomic mass is 16.5. The van der Waals surface area contributed by atoms with Gasteiger partial charge in [0.25, 0.3) is 0 Å². The smallest absolute Gasteiger partial charge is 0.426 e. The van der Waals surface area contributed by atoms with Crippen LogP contribution in [-0.4, -0.2) is 73.7 Å². The second-order valence-corrected chi connectivity index (χ2v) is 14.1. The van der Waals surface area contributed by atoms with Crippen LogP contribution in [0.5, 0.6) is 0 Å². The van der Waals surface area contributed by atoms with Gasteiger partial charge >= 0.3 is 12.1 Å². The van der Waals surface area contributed by atoms with Gasteiger partial charge in [-0.05, 0) is 91.3 Å². The lowest BCUT2D eigenvalue weighted by Crippen LogP contribution is -2.52. The summed E-state index contributed by atoms with van der Waals surface area (Å²) >= 11 is 0. The average molecular weight is 739 g/mol. The van der Waals surface area contributed by atoms with Gasteiger partial charge < -0.3 is 29.3 Å². The summed E-state index contributed by atoms with van der Waals surface area (Å²) in [5.74, 6) is 1.50. The number of imidazole rings is 2. The first-order chi connectivity index (χ1) is 26.7. The number of rotatable bonds is 8. The van der Waals surface area contributed by atoms with E-state index in [0.717, 1.165) is 75.8 Å². The van der Waals surface area contributed by atoms with Crippen LogP contribution in [0.2, 0.25) is 0 Å². The number of hydrazine groups is 1. The molecular formula is C42H42N8O5. The second kappa shape index (κ2) is 15.1. The van der Waals surface area contributed by atoms with E-state index >= 15 is 0 Å². The third-order valence-electron chi connectivity index (χ3n) is 10.5. The number of amides is 4. The highest BCUT2D eigenvalue weighted by molar-refractivity contribution is 5.94. The number of benzene rings is 4. The number of aromatic amines is 2. The van der Waals surface area contributed by atoms with Crippen molar-refractivity contribution in [1.82, 2.24) is 35.2 Å². The van der Waals surface area contributed by atoms with E-state index in [2.05, 4.69) is 57.9 Å². The molecule has 0 spiro atoms. The number of carbonyl (C=O) groups excluding carboxylic acids is 4. The quantitative estimate of drug-likeness (QED) is 0.134. The fourth-order valence-corrected chi connectivity index (χ4v) is 7.71. The number of ether oxygens (including phenoxy) is 1. The van der Waals surface area contributed by atoms with E-state index in [9.17, 15) is 19.2 Å². The number of fused-ring (bicyclic) bond motifs is 2. The monoisotopic (exact) mass is 738 g/mol. The maximum atomic E-state index is 13.9. The Kier molecular flexibility index (Phi) is 9.75. The van der Waals surface area contributed by atoms with Crippen molar-refractivity contribution in [3.8, 4) is 22.3 Å². The van der Waals surface area contributed by atoms with Gasteiger partial charge in [-0.25, -0.2) is 25.0 Å². The molecule has 13 nitrogen and oxygen atoms in total. The van der Waals surface area contributed by atoms with Gasteiger partial charge in [0.1, 0.15) is 17.4 Å². The van der Waals surface area contributed by atoms with E-state index in [-0.39, 0.29) is 42.6 Å². The molecule has 2 saturated heterocycles. The second-order valence-electron chi connectivity index (χ2n) is 14.1. The average Bonchev–Trinajstić information content (AvgIpc) is 4.04. The van der Waals surface area contributed by atoms with E-state index in [1.54, 1.807) is 29.2 Å². The first-order valence-electron chi connectivity index (χ1n) is 18.6. The van der Waals surface area contributed by atoms with Crippen LogP contribution in [0.25, 0.3) is 44.3 Å². The molecule has 0 radical (unpaired) electrons. The van der Waals surface area contributed by atoms with E-state index in [1.807, 2.05) is 29.2 Å². The van der Waals surface area contributed by atoms with E-state index < -0.39 is 6.09 Å². The van der Waals surface area contributed by atoms with Gasteiger partial charge in [0, 0.05) is 25.9 Å². The SMILES string of the molecule is COC(=O)NN(C(=O)N1CCC[C@H]1c1nc2ccc(-c3ccc(-c4ccc5nc([C@@H]6CCCN6C(=O)CCC(C)=O)[nH]c5c4)cc3)cc2[nH]1)c1ccccc1. The zero-order valence-corrected chi connectivity index (χ0v) is 30.7. The van der Waals surface area contributed by atoms with E-state index in [4.69, 9.17) is 14.7 Å². The number of likely N-dealkylation sites (tertiary alicyclic amines) is 2. The Morgan fingerprint density at radius 2 is 1.25 bits per heavy atom. The number of Topliss-reactive ketones (excluding diaryl/α,β-unsaturated/α-hetero) is 1. The first kappa shape index (κ1) is 35.5. The molecule has 6 aromatic rings. The summed E-state index contributed by atoms with van der Waals surface area (Å²) in [6, 6.07) is 28.8. The van der Waals surface area contributed by atoms with E-state index in [0.29, 0.717) is 24.6 Å². The Balaban J connectivity index is 0.984. The summed E-state index contributed by atoms with van der Waals surface area (Å²) in [4.78, 5) is 70.6. The number of nitrogens with zero attached hydrogens (tertiary/aromatic N) is 5. The summed E-state index contributed by atoms with van der Waals surface area (Å²) in [5, 5.41) is 1.22. The Labute approximate surface area is 317 Å². The van der Waals surface area contributed by atoms with Crippen molar-refractivity contribution >= 4 is 51.6 Å². The molecule has 13 heteroatoms. The van der Waals surface area contributed by atoms with Crippen LogP contribution in [0.15, 0.2) is 91.0 Å². The molecule has 55 heavy (non-hydrogen) atoms. The number of urea groups is 1. The van der Waals surface area contributed by atoms with Crippen LogP contribution < -0.4 is 10.4 Å². The molecule has 4 heterocycles. The third kappa shape index (κ3) is 7.25. The van der Waals surface area contributed by atoms with Gasteiger partial charge in [-0.3, -0.25) is 4.79 Å². The lowest BCUT2D eigenvalue weighted by Gasteiger charge is -2.30. The standard InChI is InChI=1S/C42H42N8O5/c1-26(51)12-21-38(52)48-22-6-10-36(48)39-43-32-19-17-29(24-34(32)45-39)27-13-15-28(16-14-27)30-18-20-33-35(25-30)46-40(44-33)37-11-7-23-49(37)42(54)50(47-41(53)55-2)31-8-4-3-5-9-31/h3-5,8-9,13-20,24-25,36-37H,6-7,10-12,21-23H2,1-2H3,(H,43,45)(H,44,46)(H,47,53)/t36-,37-/m0/s1.